The minimum atomic E-state index is -0.766. The molecule has 2 atom stereocenters. The Balaban J connectivity index is 1.59. The Morgan fingerprint density at radius 2 is 1.71 bits per heavy atom. The molecule has 10 heteroatoms. The third kappa shape index (κ3) is 7.05. The van der Waals surface area contributed by atoms with Crippen LogP contribution < -0.4 is 9.47 Å². The van der Waals surface area contributed by atoms with Crippen LogP contribution in [0.5, 0.6) is 11.5 Å². The van der Waals surface area contributed by atoms with Gasteiger partial charge in [0.05, 0.1) is 28.8 Å². The van der Waals surface area contributed by atoms with Gasteiger partial charge in [-0.25, -0.2) is 4.68 Å². The Bertz CT molecular complexity index is 1060. The summed E-state index contributed by atoms with van der Waals surface area (Å²) in [5, 5.41) is 36.5. The number of rotatable bonds is 12. The van der Waals surface area contributed by atoms with E-state index in [9.17, 15) is 10.2 Å². The molecule has 8 nitrogen and oxygen atoms in total. The van der Waals surface area contributed by atoms with Gasteiger partial charge in [-0.05, 0) is 58.0 Å². The van der Waals surface area contributed by atoms with Crippen molar-refractivity contribution < 1.29 is 24.8 Å². The van der Waals surface area contributed by atoms with Gasteiger partial charge in [0.1, 0.15) is 42.6 Å². The van der Waals surface area contributed by atoms with Crippen LogP contribution >= 0.6 is 34.2 Å². The summed E-state index contributed by atoms with van der Waals surface area (Å²) in [6, 6.07) is 13.8. The molecule has 0 aliphatic rings. The van der Waals surface area contributed by atoms with E-state index in [0.29, 0.717) is 17.2 Å². The molecule has 0 saturated carbocycles. The van der Waals surface area contributed by atoms with E-state index in [1.807, 2.05) is 36.4 Å². The van der Waals surface area contributed by atoms with Gasteiger partial charge < -0.3 is 24.8 Å². The van der Waals surface area contributed by atoms with Gasteiger partial charge in [-0.1, -0.05) is 37.3 Å². The molecule has 0 spiro atoms. The Kier molecular flexibility index (Phi) is 9.55. The maximum absolute atomic E-state index is 10.2. The molecule has 0 aliphatic heterocycles. The molecule has 34 heavy (non-hydrogen) atoms. The van der Waals surface area contributed by atoms with E-state index >= 15 is 0 Å². The summed E-state index contributed by atoms with van der Waals surface area (Å²) in [6.07, 6.45) is 0.123. The fraction of sp³-hybridized carbons (Fsp3) is 0.417. The van der Waals surface area contributed by atoms with E-state index in [2.05, 4.69) is 52.8 Å². The number of aliphatic hydroxyl groups is 3. The fourth-order valence-electron chi connectivity index (χ4n) is 3.33. The zero-order valence-corrected chi connectivity index (χ0v) is 22.0. The number of halogens is 2. The zero-order valence-electron chi connectivity index (χ0n) is 19.1. The molecule has 0 radical (unpaired) electrons. The molecule has 2 aromatic carbocycles. The monoisotopic (exact) mass is 597 g/mol. The van der Waals surface area contributed by atoms with Gasteiger partial charge in [-0.15, -0.1) is 16.7 Å². The standard InChI is InChI=1S/C24H29ClIN3O5/c1-24(2,17-5-8-23(22(26)9-17)34-14-19(31)10-25)16-3-6-21(7-4-16)33-15-20(32)12-29-11-18(13-30)27-28-29/h3-9,11,19-20,30-32H,10,12-15H2,1-2H3/t19-,20+/m1/s1/i26-4. The van der Waals surface area contributed by atoms with E-state index in [0.717, 1.165) is 14.7 Å². The van der Waals surface area contributed by atoms with Gasteiger partial charge in [-0.3, -0.25) is 0 Å². The summed E-state index contributed by atoms with van der Waals surface area (Å²) in [4.78, 5) is 0. The van der Waals surface area contributed by atoms with E-state index in [4.69, 9.17) is 26.2 Å². The van der Waals surface area contributed by atoms with Crippen LogP contribution in [-0.4, -0.2) is 61.6 Å². The largest absolute Gasteiger partial charge is 0.491 e. The maximum Gasteiger partial charge on any atom is 0.132 e. The van der Waals surface area contributed by atoms with Gasteiger partial charge in [0.2, 0.25) is 0 Å². The second-order valence-electron chi connectivity index (χ2n) is 8.47. The number of nitrogens with zero attached hydrogens (tertiary/aromatic N) is 3. The SMILES string of the molecule is CC(C)(c1ccc(OC[C@@H](O)Cn2cc(CO)nn2)cc1)c1ccc(OC[C@H](O)CCl)c([123I])c1. The van der Waals surface area contributed by atoms with Crippen LogP contribution in [0.1, 0.15) is 30.7 Å². The van der Waals surface area contributed by atoms with Crippen molar-refractivity contribution in [3.8, 4) is 11.5 Å². The second-order valence-corrected chi connectivity index (χ2v) is 9.94. The molecule has 3 N–H and O–H groups in total. The topological polar surface area (TPSA) is 110 Å². The van der Waals surface area contributed by atoms with Crippen LogP contribution in [0, 0.1) is 3.57 Å². The molecule has 0 bridgehead atoms. The van der Waals surface area contributed by atoms with Crippen LogP contribution in [-0.2, 0) is 18.6 Å². The molecule has 0 saturated heterocycles. The molecule has 0 unspecified atom stereocenters. The number of hydrogen-bond acceptors (Lipinski definition) is 7. The summed E-state index contributed by atoms with van der Waals surface area (Å²) in [7, 11) is 0. The Morgan fingerprint density at radius 3 is 2.32 bits per heavy atom. The number of ether oxygens (including phenoxy) is 2. The van der Waals surface area contributed by atoms with Crippen molar-refractivity contribution >= 4 is 34.2 Å². The number of aromatic nitrogens is 3. The number of benzene rings is 2. The summed E-state index contributed by atoms with van der Waals surface area (Å²) in [5.41, 5.74) is 2.43. The lowest BCUT2D eigenvalue weighted by Crippen LogP contribution is -2.24. The van der Waals surface area contributed by atoms with Crippen LogP contribution in [0.4, 0.5) is 0 Å². The van der Waals surface area contributed by atoms with Gasteiger partial charge in [0.25, 0.3) is 0 Å². The average Bonchev–Trinajstić information content (AvgIpc) is 3.29. The maximum atomic E-state index is 10.2. The molecule has 0 aliphatic carbocycles. The van der Waals surface area contributed by atoms with Gasteiger partial charge in [0.15, 0.2) is 0 Å². The van der Waals surface area contributed by atoms with Crippen LogP contribution in [0.15, 0.2) is 48.7 Å². The smallest absolute Gasteiger partial charge is 0.132 e. The van der Waals surface area contributed by atoms with Crippen molar-refractivity contribution in [2.24, 2.45) is 0 Å². The van der Waals surface area contributed by atoms with Crippen molar-refractivity contribution in [2.45, 2.75) is 44.6 Å². The zero-order chi connectivity index (χ0) is 24.7. The Labute approximate surface area is 217 Å². The lowest BCUT2D eigenvalue weighted by atomic mass is 9.78. The first kappa shape index (κ1) is 26.7. The molecule has 0 fully saturated rings. The molecule has 1 heterocycles. The van der Waals surface area contributed by atoms with Gasteiger partial charge in [0, 0.05) is 5.41 Å². The van der Waals surface area contributed by atoms with E-state index < -0.39 is 12.2 Å². The van der Waals surface area contributed by atoms with E-state index in [1.54, 1.807) is 6.20 Å². The highest BCUT2D eigenvalue weighted by Gasteiger charge is 2.24. The summed E-state index contributed by atoms with van der Waals surface area (Å²) in [5.74, 6) is 1.50. The highest BCUT2D eigenvalue weighted by atomic mass is 123. The molecule has 184 valence electrons. The van der Waals surface area contributed by atoms with Crippen LogP contribution in [0.3, 0.4) is 0 Å². The third-order valence-corrected chi connectivity index (χ3v) is 6.63. The van der Waals surface area contributed by atoms with Crippen molar-refractivity contribution in [1.82, 2.24) is 15.0 Å². The highest BCUT2D eigenvalue weighted by Crippen LogP contribution is 2.35. The number of aliphatic hydroxyl groups excluding tert-OH is 3. The lowest BCUT2D eigenvalue weighted by Gasteiger charge is -2.27. The minimum Gasteiger partial charge on any atom is -0.491 e. The van der Waals surface area contributed by atoms with Crippen molar-refractivity contribution in [1.29, 1.82) is 0 Å². The van der Waals surface area contributed by atoms with E-state index in [1.165, 1.54) is 4.68 Å². The number of hydrogen-bond donors (Lipinski definition) is 3. The quantitative estimate of drug-likeness (QED) is 0.217. The number of alkyl halides is 1. The molecule has 1 aromatic heterocycles. The van der Waals surface area contributed by atoms with Crippen molar-refractivity contribution in [3.05, 3.63) is 69.1 Å². The van der Waals surface area contributed by atoms with Crippen molar-refractivity contribution in [3.63, 3.8) is 0 Å². The molecular weight excluding hydrogens is 569 g/mol. The second kappa shape index (κ2) is 12.2. The Morgan fingerprint density at radius 1 is 1.03 bits per heavy atom. The molecular formula is C24H29ClIN3O5. The first-order valence-corrected chi connectivity index (χ1v) is 12.4. The summed E-state index contributed by atoms with van der Waals surface area (Å²) >= 11 is 7.86. The normalized spacial score (nSPS) is 13.5. The fourth-order valence-corrected chi connectivity index (χ4v) is 4.09. The predicted molar refractivity (Wildman–Crippen MR) is 137 cm³/mol. The summed E-state index contributed by atoms with van der Waals surface area (Å²) < 4.78 is 13.8. The van der Waals surface area contributed by atoms with E-state index in [-0.39, 0.29) is 37.7 Å². The first-order chi connectivity index (χ1) is 16.2. The lowest BCUT2D eigenvalue weighted by molar-refractivity contribution is 0.0888. The average molecular weight is 598 g/mol. The molecule has 3 rings (SSSR count). The Hall–Kier alpha value is -1.92. The summed E-state index contributed by atoms with van der Waals surface area (Å²) in [6.45, 7) is 4.59. The minimum absolute atomic E-state index is 0.106. The van der Waals surface area contributed by atoms with Crippen LogP contribution in [0.25, 0.3) is 0 Å². The van der Waals surface area contributed by atoms with Crippen LogP contribution in [0.2, 0.25) is 0 Å². The van der Waals surface area contributed by atoms with Gasteiger partial charge in [-0.2, -0.15) is 0 Å². The first-order valence-electron chi connectivity index (χ1n) is 10.8. The highest BCUT2D eigenvalue weighted by molar-refractivity contribution is 14.1. The molecule has 3 aromatic rings. The third-order valence-electron chi connectivity index (χ3n) is 5.43. The molecule has 0 amide bonds. The van der Waals surface area contributed by atoms with Gasteiger partial charge >= 0.3 is 0 Å². The van der Waals surface area contributed by atoms with Crippen molar-refractivity contribution in [2.75, 3.05) is 19.1 Å². The predicted octanol–water partition coefficient (Wildman–Crippen LogP) is 3.12.